The zero-order valence-electron chi connectivity index (χ0n) is 24.5. The van der Waals surface area contributed by atoms with Gasteiger partial charge in [0.15, 0.2) is 41.0 Å². The van der Waals surface area contributed by atoms with E-state index in [0.717, 1.165) is 27.4 Å². The quantitative estimate of drug-likeness (QED) is 0.0859. The highest BCUT2D eigenvalue weighted by molar-refractivity contribution is 5.84. The fraction of sp³-hybridized carbons (Fsp3) is 0.407. The first-order chi connectivity index (χ1) is 22.5. The number of nitrogen functional groups attached to an aromatic ring is 2. The van der Waals surface area contributed by atoms with E-state index in [9.17, 15) is 30.6 Å². The first-order valence-corrected chi connectivity index (χ1v) is 14.3. The molecule has 0 saturated carbocycles. The van der Waals surface area contributed by atoms with Gasteiger partial charge in [0.1, 0.15) is 54.4 Å². The molecule has 0 amide bonds. The molecule has 0 radical (unpaired) electrons. The average Bonchev–Trinajstić information content (AvgIpc) is 3.82. The molecular formula is C27H30N12O8. The Morgan fingerprint density at radius 1 is 0.745 bits per heavy atom. The van der Waals surface area contributed by atoms with Gasteiger partial charge in [-0.05, 0) is 6.92 Å². The van der Waals surface area contributed by atoms with E-state index < -0.39 is 61.5 Å². The summed E-state index contributed by atoms with van der Waals surface area (Å²) in [6, 6.07) is 7.29. The van der Waals surface area contributed by atoms with Crippen LogP contribution in [0.25, 0.3) is 33.7 Å². The van der Waals surface area contributed by atoms with Gasteiger partial charge in [0.2, 0.25) is 0 Å². The molecule has 20 nitrogen and oxygen atoms in total. The summed E-state index contributed by atoms with van der Waals surface area (Å²) in [5.41, 5.74) is 14.0. The summed E-state index contributed by atoms with van der Waals surface area (Å²) in [5, 5.41) is 73.3. The normalized spacial score (nSPS) is 31.1. The number of hydrogen-bond donors (Lipinski definition) is 8. The molecule has 8 atom stereocenters. The summed E-state index contributed by atoms with van der Waals surface area (Å²) >= 11 is 0. The Morgan fingerprint density at radius 2 is 1.28 bits per heavy atom. The Morgan fingerprint density at radius 3 is 1.81 bits per heavy atom. The zero-order valence-corrected chi connectivity index (χ0v) is 24.5. The van der Waals surface area contributed by atoms with Crippen molar-refractivity contribution in [1.82, 2.24) is 39.0 Å². The van der Waals surface area contributed by atoms with Crippen LogP contribution in [0.15, 0.2) is 53.5 Å². The first-order valence-electron chi connectivity index (χ1n) is 14.3. The number of anilines is 2. The van der Waals surface area contributed by atoms with Crippen molar-refractivity contribution >= 4 is 34.0 Å². The van der Waals surface area contributed by atoms with Gasteiger partial charge >= 0.3 is 0 Å². The van der Waals surface area contributed by atoms with E-state index in [0.29, 0.717) is 5.56 Å². The van der Waals surface area contributed by atoms with Gasteiger partial charge in [-0.15, -0.1) is 10.2 Å². The molecule has 10 N–H and O–H groups in total. The Labute approximate surface area is 263 Å². The number of nitrogens with zero attached hydrogens (tertiary/aromatic N) is 10. The number of fused-ring (bicyclic) bond motifs is 2. The zero-order chi connectivity index (χ0) is 33.2. The minimum atomic E-state index is -2.43. The number of hydrogen-bond acceptors (Lipinski definition) is 18. The molecule has 0 unspecified atom stereocenters. The number of rotatable bonds is 7. The minimum absolute atomic E-state index is 0.000619. The van der Waals surface area contributed by atoms with Gasteiger partial charge in [-0.2, -0.15) is 0 Å². The maximum Gasteiger partial charge on any atom is 0.294 e. The van der Waals surface area contributed by atoms with Gasteiger partial charge in [-0.1, -0.05) is 29.8 Å². The minimum Gasteiger partial charge on any atom is -0.394 e. The maximum atomic E-state index is 11.5. The molecule has 1 aromatic carbocycles. The highest BCUT2D eigenvalue weighted by atomic mass is 16.6. The predicted molar refractivity (Wildman–Crippen MR) is 158 cm³/mol. The van der Waals surface area contributed by atoms with E-state index >= 15 is 0 Å². The van der Waals surface area contributed by atoms with Crippen LogP contribution >= 0.6 is 0 Å². The van der Waals surface area contributed by atoms with Crippen molar-refractivity contribution in [2.75, 3.05) is 24.7 Å². The number of aromatic nitrogens is 8. The number of ether oxygens (including phenoxy) is 2. The van der Waals surface area contributed by atoms with Crippen molar-refractivity contribution in [3.63, 3.8) is 0 Å². The summed E-state index contributed by atoms with van der Waals surface area (Å²) in [4.78, 5) is 25.5. The highest BCUT2D eigenvalue weighted by Crippen LogP contribution is 2.44. The third kappa shape index (κ3) is 4.53. The average molecular weight is 651 g/mol. The number of nitrogens with two attached hydrogens (primary N) is 2. The fourth-order valence-electron chi connectivity index (χ4n) is 5.75. The SMILES string of the molecule is Cc1ccc(-c2nc(N)c3ncn([C@]4(N=N[C@@]5(n6cnc7c(N)ncnc76)O[C@H](CO)[C@@H](O)[C@H]5O)O[C@H](CO)[C@@H](O)[C@H]4O)c3n2)cc1. The molecule has 2 aliphatic rings. The summed E-state index contributed by atoms with van der Waals surface area (Å²) in [5.74, 6) is -4.68. The molecule has 0 spiro atoms. The van der Waals surface area contributed by atoms with E-state index in [1.807, 2.05) is 19.1 Å². The predicted octanol–water partition coefficient (Wildman–Crippen LogP) is -2.30. The van der Waals surface area contributed by atoms with Crippen LogP contribution in [0.3, 0.4) is 0 Å². The summed E-state index contributed by atoms with van der Waals surface area (Å²) in [6.07, 6.45) is -6.58. The Bertz CT molecular complexity index is 1990. The summed E-state index contributed by atoms with van der Waals surface area (Å²) in [7, 11) is 0. The van der Waals surface area contributed by atoms with Gasteiger partial charge in [-0.25, -0.2) is 29.9 Å². The molecule has 2 aliphatic heterocycles. The van der Waals surface area contributed by atoms with Crippen molar-refractivity contribution < 1.29 is 40.1 Å². The van der Waals surface area contributed by atoms with Gasteiger partial charge in [-0.3, -0.25) is 9.13 Å². The van der Waals surface area contributed by atoms with Crippen LogP contribution in [0.5, 0.6) is 0 Å². The number of azo groups is 1. The van der Waals surface area contributed by atoms with Crippen LogP contribution in [0.4, 0.5) is 11.6 Å². The van der Waals surface area contributed by atoms with Crippen LogP contribution in [-0.2, 0) is 21.2 Å². The van der Waals surface area contributed by atoms with Crippen molar-refractivity contribution in [3.05, 3.63) is 48.8 Å². The van der Waals surface area contributed by atoms with Crippen LogP contribution in [0.2, 0.25) is 0 Å². The number of benzene rings is 1. The van der Waals surface area contributed by atoms with Crippen LogP contribution in [0.1, 0.15) is 5.56 Å². The van der Waals surface area contributed by atoms with E-state index in [-0.39, 0.29) is 39.8 Å². The maximum absolute atomic E-state index is 11.5. The first kappa shape index (κ1) is 30.8. The van der Waals surface area contributed by atoms with Crippen LogP contribution in [-0.4, -0.2) is 120 Å². The van der Waals surface area contributed by atoms with E-state index in [4.69, 9.17) is 20.9 Å². The van der Waals surface area contributed by atoms with Crippen LogP contribution < -0.4 is 11.5 Å². The van der Waals surface area contributed by atoms with Crippen molar-refractivity contribution in [2.45, 2.75) is 55.2 Å². The lowest BCUT2D eigenvalue weighted by Gasteiger charge is -2.32. The smallest absolute Gasteiger partial charge is 0.294 e. The van der Waals surface area contributed by atoms with E-state index in [1.54, 1.807) is 12.1 Å². The Kier molecular flexibility index (Phi) is 7.33. The van der Waals surface area contributed by atoms with E-state index in [1.165, 1.54) is 6.33 Å². The van der Waals surface area contributed by atoms with Gasteiger partial charge in [0, 0.05) is 5.56 Å². The molecule has 0 bridgehead atoms. The number of aliphatic hydroxyl groups is 6. The molecule has 47 heavy (non-hydrogen) atoms. The lowest BCUT2D eigenvalue weighted by molar-refractivity contribution is -0.171. The fourth-order valence-corrected chi connectivity index (χ4v) is 5.75. The molecule has 4 aromatic heterocycles. The summed E-state index contributed by atoms with van der Waals surface area (Å²) in [6.45, 7) is 0.437. The van der Waals surface area contributed by atoms with Gasteiger partial charge in [0.25, 0.3) is 11.7 Å². The van der Waals surface area contributed by atoms with Crippen molar-refractivity contribution in [3.8, 4) is 11.4 Å². The van der Waals surface area contributed by atoms with E-state index in [2.05, 4.69) is 40.1 Å². The molecule has 2 fully saturated rings. The number of imidazole rings is 2. The molecule has 5 aromatic rings. The number of aryl methyl sites for hydroxylation is 1. The third-order valence-electron chi connectivity index (χ3n) is 8.31. The molecule has 2 saturated heterocycles. The molecule has 0 aliphatic carbocycles. The van der Waals surface area contributed by atoms with Crippen molar-refractivity contribution in [1.29, 1.82) is 0 Å². The lowest BCUT2D eigenvalue weighted by Crippen LogP contribution is -2.47. The standard InChI is InChI=1S/C27H30N12O8/c1-11-2-4-12(5-3-11)23-34-22(29)16-25(35-23)39(10-33-16)27(20(45)18(43)14(7-41)47-27)37-36-26(19(44)17(42)13(6-40)46-26)38-9-32-15-21(28)30-8-31-24(15)38/h2-5,8-10,13-14,17-20,40-45H,6-7H2,1H3,(H2,28,30,31)(H2,29,34,35)/t13-,14-,17-,18-,19-,20-,26+,27+/m1/s1. The molecule has 6 heterocycles. The third-order valence-corrected chi connectivity index (χ3v) is 8.31. The second-order valence-corrected chi connectivity index (χ2v) is 11.2. The Balaban J connectivity index is 1.45. The number of aliphatic hydroxyl groups excluding tert-OH is 6. The molecule has 20 heteroatoms. The Hall–Kier alpha value is -4.80. The second kappa shape index (κ2) is 11.2. The van der Waals surface area contributed by atoms with Crippen LogP contribution in [0, 0.1) is 6.92 Å². The van der Waals surface area contributed by atoms with Crippen molar-refractivity contribution in [2.24, 2.45) is 10.2 Å². The monoisotopic (exact) mass is 650 g/mol. The molecule has 246 valence electrons. The second-order valence-electron chi connectivity index (χ2n) is 11.2. The van der Waals surface area contributed by atoms with Gasteiger partial charge in [0.05, 0.1) is 13.2 Å². The lowest BCUT2D eigenvalue weighted by atomic mass is 10.1. The van der Waals surface area contributed by atoms with Gasteiger partial charge < -0.3 is 51.6 Å². The topological polar surface area (TPSA) is 304 Å². The largest absolute Gasteiger partial charge is 0.394 e. The molecular weight excluding hydrogens is 620 g/mol. The molecule has 7 rings (SSSR count). The highest BCUT2D eigenvalue weighted by Gasteiger charge is 2.61. The summed E-state index contributed by atoms with van der Waals surface area (Å²) < 4.78 is 14.2.